The molecule has 0 aliphatic carbocycles. The summed E-state index contributed by atoms with van der Waals surface area (Å²) >= 11 is 0. The van der Waals surface area contributed by atoms with E-state index in [1.807, 2.05) is 6.07 Å². The van der Waals surface area contributed by atoms with Gasteiger partial charge < -0.3 is 10.4 Å². The van der Waals surface area contributed by atoms with Crippen molar-refractivity contribution in [2.45, 2.75) is 12.8 Å². The van der Waals surface area contributed by atoms with E-state index in [0.717, 1.165) is 11.1 Å². The van der Waals surface area contributed by atoms with Crippen molar-refractivity contribution in [2.24, 2.45) is 0 Å². The Hall–Kier alpha value is -2.87. The number of carboxylic acids is 1. The number of sulfonamides is 1. The topological polar surface area (TPSA) is 104 Å². The number of nitrogens with one attached hydrogen (secondary N) is 1. The number of rotatable bonds is 6. The van der Waals surface area contributed by atoms with Crippen LogP contribution in [0.5, 0.6) is 0 Å². The van der Waals surface area contributed by atoms with Gasteiger partial charge in [0.2, 0.25) is 10.0 Å². The van der Waals surface area contributed by atoms with Crippen LogP contribution < -0.4 is 9.62 Å². The predicted octanol–water partition coefficient (Wildman–Crippen LogP) is 1.68. The summed E-state index contributed by atoms with van der Waals surface area (Å²) in [5, 5.41) is 11.8. The van der Waals surface area contributed by atoms with E-state index in [4.69, 9.17) is 5.11 Å². The minimum Gasteiger partial charge on any atom is -0.478 e. The molecule has 1 aliphatic rings. The average Bonchev–Trinajstić information content (AvgIpc) is 3.05. The van der Waals surface area contributed by atoms with Gasteiger partial charge in [0.05, 0.1) is 17.5 Å². The molecule has 0 spiro atoms. The highest BCUT2D eigenvalue weighted by atomic mass is 32.2. The number of anilines is 1. The molecule has 0 fully saturated rings. The van der Waals surface area contributed by atoms with E-state index in [9.17, 15) is 18.0 Å². The first-order valence-electron chi connectivity index (χ1n) is 8.47. The fraction of sp³-hybridized carbons (Fsp3) is 0.263. The van der Waals surface area contributed by atoms with Crippen molar-refractivity contribution in [3.8, 4) is 0 Å². The second-order valence-electron chi connectivity index (χ2n) is 6.44. The molecule has 1 aliphatic heterocycles. The zero-order chi connectivity index (χ0) is 19.6. The number of amides is 1. The normalized spacial score (nSPS) is 13.3. The number of hydrogen-bond donors (Lipinski definition) is 2. The molecule has 2 aromatic rings. The van der Waals surface area contributed by atoms with Crippen molar-refractivity contribution in [3.05, 3.63) is 64.7 Å². The molecule has 0 unspecified atom stereocenters. The van der Waals surface area contributed by atoms with E-state index in [1.165, 1.54) is 16.6 Å². The van der Waals surface area contributed by atoms with Gasteiger partial charge in [0, 0.05) is 18.7 Å². The van der Waals surface area contributed by atoms with Crippen molar-refractivity contribution < 1.29 is 23.1 Å². The fourth-order valence-corrected chi connectivity index (χ4v) is 4.10. The van der Waals surface area contributed by atoms with Crippen molar-refractivity contribution in [1.82, 2.24) is 5.32 Å². The van der Waals surface area contributed by atoms with Crippen LogP contribution in [0.1, 0.15) is 31.8 Å². The molecule has 0 saturated heterocycles. The smallest absolute Gasteiger partial charge is 0.335 e. The third kappa shape index (κ3) is 4.28. The molecule has 1 heterocycles. The van der Waals surface area contributed by atoms with Crippen LogP contribution in [0.2, 0.25) is 0 Å². The van der Waals surface area contributed by atoms with Crippen molar-refractivity contribution >= 4 is 27.6 Å². The van der Waals surface area contributed by atoms with Crippen LogP contribution in [0, 0.1) is 0 Å². The Bertz CT molecular complexity index is 1000. The molecule has 2 N–H and O–H groups in total. The van der Waals surface area contributed by atoms with Crippen LogP contribution in [0.3, 0.4) is 0 Å². The molecule has 7 nitrogen and oxygen atoms in total. The molecule has 0 bridgehead atoms. The van der Waals surface area contributed by atoms with E-state index in [-0.39, 0.29) is 11.5 Å². The van der Waals surface area contributed by atoms with E-state index >= 15 is 0 Å². The van der Waals surface area contributed by atoms with Gasteiger partial charge >= 0.3 is 5.97 Å². The first kappa shape index (κ1) is 18.9. The molecule has 0 saturated carbocycles. The number of carbonyl (C=O) groups is 2. The molecule has 27 heavy (non-hydrogen) atoms. The number of aromatic carboxylic acids is 1. The van der Waals surface area contributed by atoms with Crippen LogP contribution >= 0.6 is 0 Å². The number of benzene rings is 2. The zero-order valence-corrected chi connectivity index (χ0v) is 15.6. The van der Waals surface area contributed by atoms with Gasteiger partial charge in [0.1, 0.15) is 0 Å². The summed E-state index contributed by atoms with van der Waals surface area (Å²) in [6.45, 7) is 0.758. The molecule has 0 aromatic heterocycles. The maximum atomic E-state index is 12.4. The molecule has 0 radical (unpaired) electrons. The standard InChI is InChI=1S/C19H20N2O5S/c1-27(25,26)21-10-8-14-12-15(5-6-17(14)21)18(22)20-9-7-13-3-2-4-16(11-13)19(23)24/h2-6,11-12H,7-10H2,1H3,(H,20,22)(H,23,24). The predicted molar refractivity (Wildman–Crippen MR) is 102 cm³/mol. The lowest BCUT2D eigenvalue weighted by molar-refractivity contribution is 0.0696. The Kier molecular flexibility index (Phi) is 5.18. The van der Waals surface area contributed by atoms with E-state index in [0.29, 0.717) is 37.2 Å². The number of hydrogen-bond acceptors (Lipinski definition) is 4. The third-order valence-electron chi connectivity index (χ3n) is 4.47. The number of carbonyl (C=O) groups excluding carboxylic acids is 1. The van der Waals surface area contributed by atoms with Gasteiger partial charge in [-0.25, -0.2) is 13.2 Å². The molecular weight excluding hydrogens is 368 g/mol. The van der Waals surface area contributed by atoms with Crippen LogP contribution in [0.4, 0.5) is 5.69 Å². The van der Waals surface area contributed by atoms with E-state index in [2.05, 4.69) is 5.32 Å². The van der Waals surface area contributed by atoms with Gasteiger partial charge in [-0.15, -0.1) is 0 Å². The SMILES string of the molecule is CS(=O)(=O)N1CCc2cc(C(=O)NCCc3cccc(C(=O)O)c3)ccc21. The number of fused-ring (bicyclic) bond motifs is 1. The van der Waals surface area contributed by atoms with Crippen molar-refractivity contribution in [3.63, 3.8) is 0 Å². The Labute approximate surface area is 157 Å². The second kappa shape index (κ2) is 7.40. The minimum atomic E-state index is -3.31. The van der Waals surface area contributed by atoms with Gasteiger partial charge in [0.25, 0.3) is 5.91 Å². The molecule has 3 rings (SSSR count). The van der Waals surface area contributed by atoms with Crippen LogP contribution in [-0.2, 0) is 22.9 Å². The van der Waals surface area contributed by atoms with Gasteiger partial charge in [-0.3, -0.25) is 9.10 Å². The first-order chi connectivity index (χ1) is 12.8. The maximum Gasteiger partial charge on any atom is 0.335 e. The monoisotopic (exact) mass is 388 g/mol. The zero-order valence-electron chi connectivity index (χ0n) is 14.8. The summed E-state index contributed by atoms with van der Waals surface area (Å²) in [5.41, 5.74) is 2.98. The third-order valence-corrected chi connectivity index (χ3v) is 5.65. The van der Waals surface area contributed by atoms with Gasteiger partial charge in [-0.05, 0) is 54.3 Å². The van der Waals surface area contributed by atoms with Crippen LogP contribution in [0.25, 0.3) is 0 Å². The highest BCUT2D eigenvalue weighted by Crippen LogP contribution is 2.30. The Morgan fingerprint density at radius 1 is 1.15 bits per heavy atom. The quantitative estimate of drug-likeness (QED) is 0.784. The Balaban J connectivity index is 1.63. The summed E-state index contributed by atoms with van der Waals surface area (Å²) < 4.78 is 24.9. The molecular formula is C19H20N2O5S. The number of carboxylic acid groups (broad SMARTS) is 1. The maximum absolute atomic E-state index is 12.4. The minimum absolute atomic E-state index is 0.216. The van der Waals surface area contributed by atoms with E-state index < -0.39 is 16.0 Å². The molecule has 2 aromatic carbocycles. The Morgan fingerprint density at radius 2 is 1.93 bits per heavy atom. The largest absolute Gasteiger partial charge is 0.478 e. The molecule has 142 valence electrons. The summed E-state index contributed by atoms with van der Waals surface area (Å²) in [7, 11) is -3.31. The highest BCUT2D eigenvalue weighted by Gasteiger charge is 2.26. The molecule has 8 heteroatoms. The Morgan fingerprint density at radius 3 is 2.63 bits per heavy atom. The summed E-state index contributed by atoms with van der Waals surface area (Å²) in [6.07, 6.45) is 2.26. The summed E-state index contributed by atoms with van der Waals surface area (Å²) in [6, 6.07) is 11.6. The fourth-order valence-electron chi connectivity index (χ4n) is 3.14. The lowest BCUT2D eigenvalue weighted by Gasteiger charge is -2.16. The summed E-state index contributed by atoms with van der Waals surface area (Å²) in [5.74, 6) is -1.23. The molecule has 0 atom stereocenters. The molecule has 1 amide bonds. The van der Waals surface area contributed by atoms with Crippen molar-refractivity contribution in [2.75, 3.05) is 23.7 Å². The van der Waals surface area contributed by atoms with Gasteiger partial charge in [-0.1, -0.05) is 12.1 Å². The summed E-state index contributed by atoms with van der Waals surface area (Å²) in [4.78, 5) is 23.3. The van der Waals surface area contributed by atoms with Gasteiger partial charge in [-0.2, -0.15) is 0 Å². The first-order valence-corrected chi connectivity index (χ1v) is 10.3. The lowest BCUT2D eigenvalue weighted by Crippen LogP contribution is -2.27. The average molecular weight is 388 g/mol. The van der Waals surface area contributed by atoms with E-state index in [1.54, 1.807) is 30.3 Å². The second-order valence-corrected chi connectivity index (χ2v) is 8.35. The van der Waals surface area contributed by atoms with Crippen LogP contribution in [-0.4, -0.2) is 44.7 Å². The highest BCUT2D eigenvalue weighted by molar-refractivity contribution is 7.92. The van der Waals surface area contributed by atoms with Crippen molar-refractivity contribution in [1.29, 1.82) is 0 Å². The number of nitrogens with zero attached hydrogens (tertiary/aromatic N) is 1. The van der Waals surface area contributed by atoms with Gasteiger partial charge in [0.15, 0.2) is 0 Å². The van der Waals surface area contributed by atoms with Crippen LogP contribution in [0.15, 0.2) is 42.5 Å². The lowest BCUT2D eigenvalue weighted by atomic mass is 10.1.